The number of hydrogen-bond donors (Lipinski definition) is 1. The van der Waals surface area contributed by atoms with E-state index in [0.29, 0.717) is 18.4 Å². The quantitative estimate of drug-likeness (QED) is 0.662. The number of halogens is 2. The zero-order valence-electron chi connectivity index (χ0n) is 16.7. The molecule has 5 rings (SSSR count). The van der Waals surface area contributed by atoms with Gasteiger partial charge >= 0.3 is 5.97 Å². The lowest BCUT2D eigenvalue weighted by molar-refractivity contribution is -0.137. The lowest BCUT2D eigenvalue weighted by Crippen LogP contribution is -2.44. The predicted molar refractivity (Wildman–Crippen MR) is 118 cm³/mol. The van der Waals surface area contributed by atoms with E-state index in [0.717, 1.165) is 60.3 Å². The highest BCUT2D eigenvalue weighted by atomic mass is 35.5. The van der Waals surface area contributed by atoms with Crippen LogP contribution in [0.2, 0.25) is 10.0 Å². The zero-order valence-corrected chi connectivity index (χ0v) is 18.3. The molecular formula is C24H25Cl2NO3. The molecule has 0 radical (unpaired) electrons. The number of piperidine rings is 1. The van der Waals surface area contributed by atoms with Crippen LogP contribution in [0, 0.1) is 0 Å². The molecule has 2 aromatic rings. The van der Waals surface area contributed by atoms with E-state index in [9.17, 15) is 4.79 Å². The van der Waals surface area contributed by atoms with Crippen molar-refractivity contribution >= 4 is 29.2 Å². The van der Waals surface area contributed by atoms with Gasteiger partial charge in [-0.2, -0.15) is 0 Å². The maximum absolute atomic E-state index is 10.8. The summed E-state index contributed by atoms with van der Waals surface area (Å²) in [5.74, 6) is 1.10. The van der Waals surface area contributed by atoms with Crippen LogP contribution in [0.15, 0.2) is 36.4 Å². The summed E-state index contributed by atoms with van der Waals surface area (Å²) in [5, 5.41) is 10.4. The molecule has 2 fully saturated rings. The van der Waals surface area contributed by atoms with Gasteiger partial charge in [-0.25, -0.2) is 0 Å². The van der Waals surface area contributed by atoms with Gasteiger partial charge in [0, 0.05) is 27.6 Å². The van der Waals surface area contributed by atoms with Crippen LogP contribution in [0.5, 0.6) is 5.75 Å². The molecule has 3 aliphatic rings. The van der Waals surface area contributed by atoms with Gasteiger partial charge in [0.15, 0.2) is 0 Å². The topological polar surface area (TPSA) is 49.8 Å². The molecule has 2 aromatic carbocycles. The molecule has 1 spiro atoms. The van der Waals surface area contributed by atoms with Crippen molar-refractivity contribution in [2.45, 2.75) is 42.9 Å². The molecule has 2 heterocycles. The number of carbonyl (C=O) groups is 1. The van der Waals surface area contributed by atoms with Crippen LogP contribution in [0.4, 0.5) is 0 Å². The first-order chi connectivity index (χ1) is 14.5. The summed E-state index contributed by atoms with van der Waals surface area (Å²) in [6, 6.07) is 12.4. The number of carboxylic acid groups (broad SMARTS) is 1. The van der Waals surface area contributed by atoms with Crippen LogP contribution >= 0.6 is 23.2 Å². The Morgan fingerprint density at radius 1 is 1.13 bits per heavy atom. The number of hydrogen-bond acceptors (Lipinski definition) is 3. The molecule has 1 saturated heterocycles. The van der Waals surface area contributed by atoms with Gasteiger partial charge in [-0.15, -0.1) is 0 Å². The summed E-state index contributed by atoms with van der Waals surface area (Å²) >= 11 is 12.8. The van der Waals surface area contributed by atoms with Gasteiger partial charge in [0.25, 0.3) is 0 Å². The number of likely N-dealkylation sites (tertiary alicyclic amines) is 1. The first-order valence-corrected chi connectivity index (χ1v) is 11.4. The van der Waals surface area contributed by atoms with E-state index in [1.54, 1.807) is 0 Å². The number of nitrogens with zero attached hydrogens (tertiary/aromatic N) is 1. The highest BCUT2D eigenvalue weighted by Gasteiger charge is 2.45. The lowest BCUT2D eigenvalue weighted by atomic mass is 9.74. The normalized spacial score (nSPS) is 24.5. The molecule has 4 nitrogen and oxygen atoms in total. The highest BCUT2D eigenvalue weighted by molar-refractivity contribution is 6.36. The van der Waals surface area contributed by atoms with Crippen LogP contribution in [-0.2, 0) is 10.2 Å². The Kier molecular flexibility index (Phi) is 5.20. The van der Waals surface area contributed by atoms with Gasteiger partial charge in [0.05, 0.1) is 13.0 Å². The van der Waals surface area contributed by atoms with Crippen molar-refractivity contribution in [3.8, 4) is 5.75 Å². The summed E-state index contributed by atoms with van der Waals surface area (Å²) < 4.78 is 6.17. The number of benzene rings is 2. The van der Waals surface area contributed by atoms with Crippen molar-refractivity contribution in [1.82, 2.24) is 4.90 Å². The third-order valence-electron chi connectivity index (χ3n) is 7.13. The van der Waals surface area contributed by atoms with E-state index in [1.807, 2.05) is 18.2 Å². The van der Waals surface area contributed by atoms with Crippen LogP contribution in [-0.4, -0.2) is 42.2 Å². The lowest BCUT2D eigenvalue weighted by Gasteiger charge is -2.38. The number of ether oxygens (including phenoxy) is 1. The smallest absolute Gasteiger partial charge is 0.304 e. The van der Waals surface area contributed by atoms with E-state index in [4.69, 9.17) is 33.0 Å². The van der Waals surface area contributed by atoms with Crippen molar-refractivity contribution in [3.63, 3.8) is 0 Å². The predicted octanol–water partition coefficient (Wildman–Crippen LogP) is 5.47. The van der Waals surface area contributed by atoms with Crippen molar-refractivity contribution < 1.29 is 14.6 Å². The fourth-order valence-electron chi connectivity index (χ4n) is 5.24. The monoisotopic (exact) mass is 445 g/mol. The van der Waals surface area contributed by atoms with Gasteiger partial charge in [0.2, 0.25) is 0 Å². The number of aliphatic carboxylic acids is 1. The van der Waals surface area contributed by atoms with E-state index < -0.39 is 5.97 Å². The van der Waals surface area contributed by atoms with Crippen LogP contribution < -0.4 is 4.74 Å². The SMILES string of the molecule is O=C(O)CCN1CCC2(CC1)COc1cc(C3CC3c3c(Cl)cccc3Cl)ccc12. The molecular weight excluding hydrogens is 421 g/mol. The Bertz CT molecular complexity index is 964. The van der Waals surface area contributed by atoms with Gasteiger partial charge < -0.3 is 14.7 Å². The molecule has 1 N–H and O–H groups in total. The Morgan fingerprint density at radius 3 is 2.57 bits per heavy atom. The molecule has 30 heavy (non-hydrogen) atoms. The Balaban J connectivity index is 1.29. The summed E-state index contributed by atoms with van der Waals surface area (Å²) in [6.07, 6.45) is 3.30. The Hall–Kier alpha value is -1.75. The van der Waals surface area contributed by atoms with E-state index in [1.165, 1.54) is 11.1 Å². The second kappa shape index (κ2) is 7.74. The van der Waals surface area contributed by atoms with Crippen LogP contribution in [0.3, 0.4) is 0 Å². The van der Waals surface area contributed by atoms with Crippen molar-refractivity contribution in [2.75, 3.05) is 26.2 Å². The number of rotatable bonds is 5. The minimum Gasteiger partial charge on any atom is -0.492 e. The summed E-state index contributed by atoms with van der Waals surface area (Å²) in [4.78, 5) is 13.1. The molecule has 1 aliphatic carbocycles. The molecule has 2 unspecified atom stereocenters. The maximum atomic E-state index is 10.8. The maximum Gasteiger partial charge on any atom is 0.304 e. The van der Waals surface area contributed by atoms with Crippen molar-refractivity contribution in [3.05, 3.63) is 63.1 Å². The number of carboxylic acids is 1. The first-order valence-electron chi connectivity index (χ1n) is 10.6. The standard InChI is InChI=1S/C24H25Cl2NO3/c25-19-2-1-3-20(26)23(19)17-13-16(17)15-4-5-18-21(12-15)30-14-24(18)7-10-27(11-8-24)9-6-22(28)29/h1-5,12,16-17H,6-11,13-14H2,(H,28,29). The number of fused-ring (bicyclic) bond motifs is 2. The second-order valence-corrected chi connectivity index (χ2v) is 9.71. The molecule has 2 atom stereocenters. The van der Waals surface area contributed by atoms with Gasteiger partial charge in [-0.1, -0.05) is 41.4 Å². The van der Waals surface area contributed by atoms with Gasteiger partial charge in [0.1, 0.15) is 5.75 Å². The summed E-state index contributed by atoms with van der Waals surface area (Å²) in [6.45, 7) is 3.20. The molecule has 0 amide bonds. The molecule has 158 valence electrons. The van der Waals surface area contributed by atoms with Gasteiger partial charge in [-0.3, -0.25) is 4.79 Å². The fourth-order valence-corrected chi connectivity index (χ4v) is 5.92. The largest absolute Gasteiger partial charge is 0.492 e. The fraction of sp³-hybridized carbons (Fsp3) is 0.458. The van der Waals surface area contributed by atoms with E-state index >= 15 is 0 Å². The Morgan fingerprint density at radius 2 is 1.87 bits per heavy atom. The van der Waals surface area contributed by atoms with E-state index in [-0.39, 0.29) is 11.8 Å². The van der Waals surface area contributed by atoms with Crippen LogP contribution in [0.1, 0.15) is 54.2 Å². The molecule has 1 saturated carbocycles. The summed E-state index contributed by atoms with van der Waals surface area (Å²) in [7, 11) is 0. The van der Waals surface area contributed by atoms with Crippen molar-refractivity contribution in [1.29, 1.82) is 0 Å². The average Bonchev–Trinajstić information content (AvgIpc) is 3.44. The minimum atomic E-state index is -0.728. The summed E-state index contributed by atoms with van der Waals surface area (Å²) in [5.41, 5.74) is 3.75. The minimum absolute atomic E-state index is 0.0720. The highest BCUT2D eigenvalue weighted by Crippen LogP contribution is 2.59. The molecule has 0 aromatic heterocycles. The van der Waals surface area contributed by atoms with E-state index in [2.05, 4.69) is 23.1 Å². The molecule has 2 aliphatic heterocycles. The Labute approximate surface area is 186 Å². The third kappa shape index (κ3) is 3.59. The molecule has 0 bridgehead atoms. The average molecular weight is 446 g/mol. The molecule has 6 heteroatoms. The zero-order chi connectivity index (χ0) is 20.9. The second-order valence-electron chi connectivity index (χ2n) is 8.89. The van der Waals surface area contributed by atoms with Gasteiger partial charge in [-0.05, 0) is 73.5 Å². The first kappa shape index (κ1) is 20.2. The van der Waals surface area contributed by atoms with Crippen molar-refractivity contribution in [2.24, 2.45) is 0 Å². The third-order valence-corrected chi connectivity index (χ3v) is 7.78. The van der Waals surface area contributed by atoms with Crippen LogP contribution in [0.25, 0.3) is 0 Å².